The van der Waals surface area contributed by atoms with E-state index in [4.69, 9.17) is 16.0 Å². The Labute approximate surface area is 143 Å². The molecule has 23 heavy (non-hydrogen) atoms. The van der Waals surface area contributed by atoms with Gasteiger partial charge in [-0.25, -0.2) is 0 Å². The standard InChI is InChI=1S/C16H15ClN2O3S/c17-12-3-1-11(2-4-12)14-6-5-13(22-14)7-18-15(20)8-19-10-23-9-16(19)21/h1-6H,7-10H2,(H,18,20). The van der Waals surface area contributed by atoms with Crippen LogP contribution in [-0.2, 0) is 16.1 Å². The third-order valence-corrected chi connectivity index (χ3v) is 4.61. The first-order chi connectivity index (χ1) is 11.1. The molecule has 0 aliphatic carbocycles. The summed E-state index contributed by atoms with van der Waals surface area (Å²) in [5.74, 6) is 2.23. The fourth-order valence-corrected chi connectivity index (χ4v) is 3.23. The van der Waals surface area contributed by atoms with Crippen molar-refractivity contribution >= 4 is 35.2 Å². The number of halogens is 1. The van der Waals surface area contributed by atoms with Crippen molar-refractivity contribution in [1.29, 1.82) is 0 Å². The van der Waals surface area contributed by atoms with Crippen LogP contribution in [0.5, 0.6) is 0 Å². The predicted molar refractivity (Wildman–Crippen MR) is 90.0 cm³/mol. The molecular weight excluding hydrogens is 336 g/mol. The number of amides is 2. The summed E-state index contributed by atoms with van der Waals surface area (Å²) in [6.45, 7) is 0.387. The Morgan fingerprint density at radius 3 is 2.74 bits per heavy atom. The quantitative estimate of drug-likeness (QED) is 0.900. The van der Waals surface area contributed by atoms with E-state index in [1.54, 1.807) is 17.0 Å². The molecule has 1 aliphatic heterocycles. The maximum absolute atomic E-state index is 11.9. The molecule has 0 atom stereocenters. The highest BCUT2D eigenvalue weighted by Gasteiger charge is 2.22. The van der Waals surface area contributed by atoms with Crippen molar-refractivity contribution in [2.24, 2.45) is 0 Å². The van der Waals surface area contributed by atoms with Crippen molar-refractivity contribution in [1.82, 2.24) is 10.2 Å². The second-order valence-electron chi connectivity index (χ2n) is 5.12. The lowest BCUT2D eigenvalue weighted by molar-refractivity contribution is -0.132. The summed E-state index contributed by atoms with van der Waals surface area (Å²) in [5.41, 5.74) is 0.923. The van der Waals surface area contributed by atoms with Gasteiger partial charge in [-0.05, 0) is 36.4 Å². The summed E-state index contributed by atoms with van der Waals surface area (Å²) in [7, 11) is 0. The molecule has 1 aromatic carbocycles. The molecule has 1 aliphatic rings. The molecule has 0 spiro atoms. The molecule has 2 amide bonds. The first-order valence-corrected chi connectivity index (χ1v) is 8.62. The molecule has 0 bridgehead atoms. The van der Waals surface area contributed by atoms with Gasteiger partial charge < -0.3 is 14.6 Å². The Morgan fingerprint density at radius 1 is 1.26 bits per heavy atom. The number of nitrogens with one attached hydrogen (secondary N) is 1. The predicted octanol–water partition coefficient (Wildman–Crippen LogP) is 2.75. The van der Waals surface area contributed by atoms with Crippen LogP contribution in [0.25, 0.3) is 11.3 Å². The number of thioether (sulfide) groups is 1. The number of rotatable bonds is 5. The number of nitrogens with zero attached hydrogens (tertiary/aromatic N) is 1. The second kappa shape index (κ2) is 7.10. The molecule has 1 N–H and O–H groups in total. The maximum atomic E-state index is 11.9. The van der Waals surface area contributed by atoms with Crippen molar-refractivity contribution < 1.29 is 14.0 Å². The van der Waals surface area contributed by atoms with Crippen molar-refractivity contribution in [3.05, 3.63) is 47.2 Å². The Kier molecular flexibility index (Phi) is 4.93. The van der Waals surface area contributed by atoms with Crippen LogP contribution in [0.1, 0.15) is 5.76 Å². The lowest BCUT2D eigenvalue weighted by atomic mass is 10.2. The molecule has 2 heterocycles. The minimum atomic E-state index is -0.190. The van der Waals surface area contributed by atoms with Gasteiger partial charge in [-0.3, -0.25) is 9.59 Å². The van der Waals surface area contributed by atoms with E-state index in [2.05, 4.69) is 5.32 Å². The van der Waals surface area contributed by atoms with E-state index in [9.17, 15) is 9.59 Å². The zero-order chi connectivity index (χ0) is 16.2. The van der Waals surface area contributed by atoms with E-state index >= 15 is 0 Å². The molecular formula is C16H15ClN2O3S. The van der Waals surface area contributed by atoms with E-state index in [1.165, 1.54) is 11.8 Å². The molecule has 120 valence electrons. The lowest BCUT2D eigenvalue weighted by Gasteiger charge is -2.13. The van der Waals surface area contributed by atoms with Crippen LogP contribution in [0.3, 0.4) is 0 Å². The van der Waals surface area contributed by atoms with Gasteiger partial charge >= 0.3 is 0 Å². The van der Waals surface area contributed by atoms with Gasteiger partial charge in [-0.1, -0.05) is 11.6 Å². The first-order valence-electron chi connectivity index (χ1n) is 7.09. The Morgan fingerprint density at radius 2 is 2.04 bits per heavy atom. The second-order valence-corrected chi connectivity index (χ2v) is 6.51. The summed E-state index contributed by atoms with van der Waals surface area (Å²) in [4.78, 5) is 24.9. The van der Waals surface area contributed by atoms with Gasteiger partial charge in [0.2, 0.25) is 11.8 Å². The molecule has 0 unspecified atom stereocenters. The van der Waals surface area contributed by atoms with Crippen LogP contribution in [0, 0.1) is 0 Å². The van der Waals surface area contributed by atoms with Crippen molar-refractivity contribution in [3.63, 3.8) is 0 Å². The van der Waals surface area contributed by atoms with E-state index in [-0.39, 0.29) is 18.4 Å². The number of furan rings is 1. The zero-order valence-electron chi connectivity index (χ0n) is 12.3. The minimum Gasteiger partial charge on any atom is -0.459 e. The van der Waals surface area contributed by atoms with Crippen LogP contribution in [-0.4, -0.2) is 34.9 Å². The summed E-state index contributed by atoms with van der Waals surface area (Å²) in [5, 5.41) is 3.43. The fourth-order valence-electron chi connectivity index (χ4n) is 2.20. The molecule has 1 aromatic heterocycles. The highest BCUT2D eigenvalue weighted by Crippen LogP contribution is 2.23. The van der Waals surface area contributed by atoms with E-state index < -0.39 is 0 Å². The maximum Gasteiger partial charge on any atom is 0.240 e. The fraction of sp³-hybridized carbons (Fsp3) is 0.250. The monoisotopic (exact) mass is 350 g/mol. The first kappa shape index (κ1) is 16.0. The van der Waals surface area contributed by atoms with Crippen molar-refractivity contribution in [2.45, 2.75) is 6.54 Å². The van der Waals surface area contributed by atoms with Crippen molar-refractivity contribution in [2.75, 3.05) is 18.2 Å². The Bertz CT molecular complexity index is 714. The number of hydrogen-bond donors (Lipinski definition) is 1. The number of carbonyl (C=O) groups excluding carboxylic acids is 2. The lowest BCUT2D eigenvalue weighted by Crippen LogP contribution is -2.37. The largest absolute Gasteiger partial charge is 0.459 e. The van der Waals surface area contributed by atoms with E-state index in [0.29, 0.717) is 29.0 Å². The summed E-state index contributed by atoms with van der Waals surface area (Å²) >= 11 is 7.38. The van der Waals surface area contributed by atoms with Crippen LogP contribution in [0.15, 0.2) is 40.8 Å². The molecule has 1 saturated heterocycles. The van der Waals surface area contributed by atoms with Crippen LogP contribution in [0.4, 0.5) is 0 Å². The number of hydrogen-bond acceptors (Lipinski definition) is 4. The molecule has 7 heteroatoms. The molecule has 0 saturated carbocycles. The zero-order valence-corrected chi connectivity index (χ0v) is 13.8. The molecule has 2 aromatic rings. The normalized spacial score (nSPS) is 14.3. The average Bonchev–Trinajstić information content (AvgIpc) is 3.16. The van der Waals surface area contributed by atoms with Gasteiger partial charge in [0.1, 0.15) is 18.1 Å². The van der Waals surface area contributed by atoms with Gasteiger partial charge in [-0.15, -0.1) is 11.8 Å². The van der Waals surface area contributed by atoms with Crippen molar-refractivity contribution in [3.8, 4) is 11.3 Å². The topological polar surface area (TPSA) is 62.6 Å². The number of benzene rings is 1. The summed E-state index contributed by atoms with van der Waals surface area (Å²) in [6.07, 6.45) is 0. The SMILES string of the molecule is O=C(CN1CSCC1=O)NCc1ccc(-c2ccc(Cl)cc2)o1. The molecule has 0 radical (unpaired) electrons. The smallest absolute Gasteiger partial charge is 0.240 e. The summed E-state index contributed by atoms with van der Waals surface area (Å²) < 4.78 is 5.71. The Balaban J connectivity index is 1.53. The minimum absolute atomic E-state index is 0.00757. The van der Waals surface area contributed by atoms with E-state index in [1.807, 2.05) is 24.3 Å². The van der Waals surface area contributed by atoms with Gasteiger partial charge in [-0.2, -0.15) is 0 Å². The third kappa shape index (κ3) is 4.09. The highest BCUT2D eigenvalue weighted by molar-refractivity contribution is 8.00. The van der Waals surface area contributed by atoms with Gasteiger partial charge in [0.15, 0.2) is 0 Å². The Hall–Kier alpha value is -1.92. The molecule has 5 nitrogen and oxygen atoms in total. The van der Waals surface area contributed by atoms with E-state index in [0.717, 1.165) is 11.3 Å². The van der Waals surface area contributed by atoms with Crippen LogP contribution >= 0.6 is 23.4 Å². The summed E-state index contributed by atoms with van der Waals surface area (Å²) in [6, 6.07) is 11.0. The average molecular weight is 351 g/mol. The van der Waals surface area contributed by atoms with Gasteiger partial charge in [0.05, 0.1) is 18.2 Å². The third-order valence-electron chi connectivity index (χ3n) is 3.41. The highest BCUT2D eigenvalue weighted by atomic mass is 35.5. The molecule has 1 fully saturated rings. The van der Waals surface area contributed by atoms with Crippen LogP contribution in [0.2, 0.25) is 5.02 Å². The molecule has 3 rings (SSSR count). The van der Waals surface area contributed by atoms with Crippen LogP contribution < -0.4 is 5.32 Å². The van der Waals surface area contributed by atoms with Gasteiger partial charge in [0.25, 0.3) is 0 Å². The van der Waals surface area contributed by atoms with Gasteiger partial charge in [0, 0.05) is 10.6 Å². The number of carbonyl (C=O) groups is 2.